The van der Waals surface area contributed by atoms with Crippen molar-refractivity contribution in [2.24, 2.45) is 7.05 Å². The first kappa shape index (κ1) is 11.3. The normalized spacial score (nSPS) is 10.3. The van der Waals surface area contributed by atoms with Crippen LogP contribution in [-0.2, 0) is 7.05 Å². The molecule has 0 aliphatic carbocycles. The summed E-state index contributed by atoms with van der Waals surface area (Å²) in [6.07, 6.45) is 3.13. The van der Waals surface area contributed by atoms with E-state index in [1.165, 1.54) is 6.33 Å². The predicted molar refractivity (Wildman–Crippen MR) is 62.7 cm³/mol. The Morgan fingerprint density at radius 3 is 2.82 bits per heavy atom. The third kappa shape index (κ3) is 2.03. The van der Waals surface area contributed by atoms with Gasteiger partial charge in [-0.25, -0.2) is 14.6 Å². The highest BCUT2D eigenvalue weighted by Crippen LogP contribution is 2.31. The number of hydrogen-bond acceptors (Lipinski definition) is 6. The SMILES string of the molecule is CCNc1ncnc(-c2cnnn2C)c1OC. The molecule has 0 aliphatic rings. The van der Waals surface area contributed by atoms with E-state index in [9.17, 15) is 0 Å². The largest absolute Gasteiger partial charge is 0.491 e. The lowest BCUT2D eigenvalue weighted by molar-refractivity contribution is 0.414. The zero-order valence-corrected chi connectivity index (χ0v) is 10.0. The third-order valence-electron chi connectivity index (χ3n) is 2.31. The summed E-state index contributed by atoms with van der Waals surface area (Å²) in [6, 6.07) is 0. The minimum atomic E-state index is 0.597. The Morgan fingerprint density at radius 1 is 1.41 bits per heavy atom. The molecule has 0 saturated carbocycles. The molecule has 2 aromatic heterocycles. The molecule has 2 aromatic rings. The van der Waals surface area contributed by atoms with Crippen LogP contribution >= 0.6 is 0 Å². The van der Waals surface area contributed by atoms with Crippen LogP contribution in [-0.4, -0.2) is 38.6 Å². The fourth-order valence-electron chi connectivity index (χ4n) is 1.55. The lowest BCUT2D eigenvalue weighted by Gasteiger charge is -2.11. The topological polar surface area (TPSA) is 77.8 Å². The third-order valence-corrected chi connectivity index (χ3v) is 2.31. The van der Waals surface area contributed by atoms with Crippen LogP contribution in [0.4, 0.5) is 5.82 Å². The van der Waals surface area contributed by atoms with E-state index in [1.54, 1.807) is 25.0 Å². The Bertz CT molecular complexity index is 509. The van der Waals surface area contributed by atoms with E-state index in [2.05, 4.69) is 25.6 Å². The van der Waals surface area contributed by atoms with Crippen LogP contribution in [0.15, 0.2) is 12.5 Å². The van der Waals surface area contributed by atoms with Crippen molar-refractivity contribution in [1.82, 2.24) is 25.0 Å². The van der Waals surface area contributed by atoms with E-state index < -0.39 is 0 Å². The molecule has 17 heavy (non-hydrogen) atoms. The lowest BCUT2D eigenvalue weighted by atomic mass is 10.2. The highest BCUT2D eigenvalue weighted by Gasteiger charge is 2.16. The smallest absolute Gasteiger partial charge is 0.189 e. The number of anilines is 1. The van der Waals surface area contributed by atoms with Gasteiger partial charge in [0.1, 0.15) is 17.7 Å². The number of aromatic nitrogens is 5. The number of ether oxygens (including phenoxy) is 1. The Balaban J connectivity index is 2.54. The molecule has 0 amide bonds. The summed E-state index contributed by atoms with van der Waals surface area (Å²) in [5.41, 5.74) is 1.45. The molecule has 0 unspecified atom stereocenters. The number of nitrogens with one attached hydrogen (secondary N) is 1. The van der Waals surface area contributed by atoms with Gasteiger partial charge in [0, 0.05) is 13.6 Å². The van der Waals surface area contributed by atoms with Crippen LogP contribution in [0.5, 0.6) is 5.75 Å². The van der Waals surface area contributed by atoms with Gasteiger partial charge < -0.3 is 10.1 Å². The minimum absolute atomic E-state index is 0.597. The first-order chi connectivity index (χ1) is 8.27. The maximum Gasteiger partial charge on any atom is 0.189 e. The van der Waals surface area contributed by atoms with Crippen LogP contribution in [0.1, 0.15) is 6.92 Å². The zero-order chi connectivity index (χ0) is 12.3. The van der Waals surface area contributed by atoms with Gasteiger partial charge in [0.2, 0.25) is 0 Å². The first-order valence-electron chi connectivity index (χ1n) is 5.25. The summed E-state index contributed by atoms with van der Waals surface area (Å²) in [4.78, 5) is 8.36. The van der Waals surface area contributed by atoms with E-state index >= 15 is 0 Å². The average Bonchev–Trinajstić information content (AvgIpc) is 2.75. The average molecular weight is 234 g/mol. The number of methoxy groups -OCH3 is 1. The molecule has 0 aliphatic heterocycles. The van der Waals surface area contributed by atoms with Crippen molar-refractivity contribution in [2.45, 2.75) is 6.92 Å². The van der Waals surface area contributed by atoms with Gasteiger partial charge in [-0.2, -0.15) is 0 Å². The van der Waals surface area contributed by atoms with Crippen molar-refractivity contribution < 1.29 is 4.74 Å². The van der Waals surface area contributed by atoms with Crippen molar-refractivity contribution >= 4 is 5.82 Å². The van der Waals surface area contributed by atoms with Gasteiger partial charge in [-0.1, -0.05) is 5.21 Å². The molecule has 0 aromatic carbocycles. The van der Waals surface area contributed by atoms with Crippen LogP contribution < -0.4 is 10.1 Å². The molecule has 7 nitrogen and oxygen atoms in total. The molecule has 0 radical (unpaired) electrons. The second-order valence-corrected chi connectivity index (χ2v) is 3.38. The van der Waals surface area contributed by atoms with E-state index in [4.69, 9.17) is 4.74 Å². The Labute approximate surface area is 98.8 Å². The first-order valence-corrected chi connectivity index (χ1v) is 5.25. The Kier molecular flexibility index (Phi) is 3.17. The molecular formula is C10H14N6O. The number of hydrogen-bond donors (Lipinski definition) is 1. The van der Waals surface area contributed by atoms with E-state index in [-0.39, 0.29) is 0 Å². The van der Waals surface area contributed by atoms with Crippen molar-refractivity contribution in [3.05, 3.63) is 12.5 Å². The molecule has 0 atom stereocenters. The number of rotatable bonds is 4. The summed E-state index contributed by atoms with van der Waals surface area (Å²) in [5, 5.41) is 10.8. The molecule has 90 valence electrons. The van der Waals surface area contributed by atoms with Gasteiger partial charge in [-0.15, -0.1) is 5.10 Å². The van der Waals surface area contributed by atoms with Crippen molar-refractivity contribution in [3.63, 3.8) is 0 Å². The quantitative estimate of drug-likeness (QED) is 0.839. The van der Waals surface area contributed by atoms with Crippen LogP contribution in [0.3, 0.4) is 0 Å². The van der Waals surface area contributed by atoms with Crippen molar-refractivity contribution in [3.8, 4) is 17.1 Å². The van der Waals surface area contributed by atoms with Gasteiger partial charge in [-0.3, -0.25) is 0 Å². The van der Waals surface area contributed by atoms with Gasteiger partial charge in [0.15, 0.2) is 11.6 Å². The summed E-state index contributed by atoms with van der Waals surface area (Å²) in [5.74, 6) is 1.26. The zero-order valence-electron chi connectivity index (χ0n) is 10.0. The molecule has 0 fully saturated rings. The maximum atomic E-state index is 5.35. The van der Waals surface area contributed by atoms with E-state index in [0.29, 0.717) is 17.3 Å². The standard InChI is InChI=1S/C10H14N6O/c1-4-11-10-9(17-3)8(12-6-13-10)7-5-14-15-16(7)2/h5-6H,4H2,1-3H3,(H,11,12,13). The molecule has 0 saturated heterocycles. The number of aryl methyl sites for hydroxylation is 1. The maximum absolute atomic E-state index is 5.35. The van der Waals surface area contributed by atoms with Gasteiger partial charge in [0.05, 0.1) is 13.3 Å². The summed E-state index contributed by atoms with van der Waals surface area (Å²) >= 11 is 0. The van der Waals surface area contributed by atoms with Gasteiger partial charge in [0.25, 0.3) is 0 Å². The van der Waals surface area contributed by atoms with Crippen LogP contribution in [0.25, 0.3) is 11.4 Å². The summed E-state index contributed by atoms with van der Waals surface area (Å²) in [7, 11) is 3.39. The highest BCUT2D eigenvalue weighted by molar-refractivity contribution is 5.69. The molecule has 0 spiro atoms. The Hall–Kier alpha value is -2.18. The lowest BCUT2D eigenvalue weighted by Crippen LogP contribution is -2.05. The molecule has 1 N–H and O–H groups in total. The van der Waals surface area contributed by atoms with Crippen molar-refractivity contribution in [1.29, 1.82) is 0 Å². The molecular weight excluding hydrogens is 220 g/mol. The molecule has 2 heterocycles. The molecule has 0 bridgehead atoms. The second-order valence-electron chi connectivity index (χ2n) is 3.38. The Morgan fingerprint density at radius 2 is 2.24 bits per heavy atom. The molecule has 7 heteroatoms. The summed E-state index contributed by atoms with van der Waals surface area (Å²) in [6.45, 7) is 2.75. The summed E-state index contributed by atoms with van der Waals surface area (Å²) < 4.78 is 6.99. The van der Waals surface area contributed by atoms with E-state index in [0.717, 1.165) is 12.2 Å². The second kappa shape index (κ2) is 4.77. The van der Waals surface area contributed by atoms with E-state index in [1.807, 2.05) is 6.92 Å². The molecule has 2 rings (SSSR count). The fourth-order valence-corrected chi connectivity index (χ4v) is 1.55. The predicted octanol–water partition coefficient (Wildman–Crippen LogP) is 0.712. The minimum Gasteiger partial charge on any atom is -0.491 e. The van der Waals surface area contributed by atoms with Crippen molar-refractivity contribution in [2.75, 3.05) is 19.0 Å². The fraction of sp³-hybridized carbons (Fsp3) is 0.400. The van der Waals surface area contributed by atoms with Gasteiger partial charge >= 0.3 is 0 Å². The number of nitrogens with zero attached hydrogens (tertiary/aromatic N) is 5. The van der Waals surface area contributed by atoms with Crippen LogP contribution in [0, 0.1) is 0 Å². The van der Waals surface area contributed by atoms with Crippen LogP contribution in [0.2, 0.25) is 0 Å². The monoisotopic (exact) mass is 234 g/mol. The highest BCUT2D eigenvalue weighted by atomic mass is 16.5. The van der Waals surface area contributed by atoms with Gasteiger partial charge in [-0.05, 0) is 6.92 Å².